The molecule has 1 saturated heterocycles. The van der Waals surface area contributed by atoms with E-state index in [0.29, 0.717) is 54.2 Å². The van der Waals surface area contributed by atoms with E-state index in [1.54, 1.807) is 29.2 Å². The maximum absolute atomic E-state index is 15.6. The predicted molar refractivity (Wildman–Crippen MR) is 124 cm³/mol. The molecule has 0 aliphatic carbocycles. The van der Waals surface area contributed by atoms with Crippen LogP contribution in [0.15, 0.2) is 59.8 Å². The Kier molecular flexibility index (Phi) is 5.27. The number of H-pyrrole nitrogens is 1. The Morgan fingerprint density at radius 3 is 2.75 bits per heavy atom. The predicted octanol–water partition coefficient (Wildman–Crippen LogP) is 4.29. The van der Waals surface area contributed by atoms with Crippen LogP contribution in [0.2, 0.25) is 0 Å². The molecule has 1 fully saturated rings. The first-order chi connectivity index (χ1) is 15.5. The van der Waals surface area contributed by atoms with Crippen molar-refractivity contribution in [3.8, 4) is 11.1 Å². The third-order valence-corrected chi connectivity index (χ3v) is 6.17. The largest absolute Gasteiger partial charge is 0.378 e. The summed E-state index contributed by atoms with van der Waals surface area (Å²) < 4.78 is 22.7. The Morgan fingerprint density at radius 1 is 1.19 bits per heavy atom. The molecule has 6 nitrogen and oxygen atoms in total. The van der Waals surface area contributed by atoms with Crippen molar-refractivity contribution >= 4 is 16.7 Å². The fourth-order valence-electron chi connectivity index (χ4n) is 4.37. The lowest BCUT2D eigenvalue weighted by Crippen LogP contribution is -2.36. The van der Waals surface area contributed by atoms with E-state index in [1.807, 2.05) is 43.0 Å². The van der Waals surface area contributed by atoms with E-state index in [-0.39, 0.29) is 17.4 Å². The van der Waals surface area contributed by atoms with Crippen molar-refractivity contribution in [3.63, 3.8) is 0 Å². The van der Waals surface area contributed by atoms with Gasteiger partial charge in [-0.05, 0) is 31.0 Å². The van der Waals surface area contributed by atoms with Gasteiger partial charge in [-0.2, -0.15) is 0 Å². The minimum absolute atomic E-state index is 0.106. The number of hydrogen-bond donors (Lipinski definition) is 1. The van der Waals surface area contributed by atoms with Crippen LogP contribution in [-0.2, 0) is 4.74 Å². The Labute approximate surface area is 185 Å². The van der Waals surface area contributed by atoms with Gasteiger partial charge in [0.15, 0.2) is 5.82 Å². The molecule has 3 aromatic heterocycles. The molecule has 0 bridgehead atoms. The van der Waals surface area contributed by atoms with Crippen molar-refractivity contribution in [1.29, 1.82) is 0 Å². The third-order valence-electron chi connectivity index (χ3n) is 6.17. The standard InChI is InChI=1S/C25H25FN4O2/c1-16-4-3-5-18(12-16)17(2)30-7-6-19(13-22(30)31)20-14-27-25-23(20)24(26)21(15-28-25)29-8-10-32-11-9-29/h3-7,12-15,17H,8-11H2,1-2H3,(H,27,28)/t17-/m1/s1. The number of halogens is 1. The average Bonchev–Trinajstić information content (AvgIpc) is 3.24. The zero-order valence-corrected chi connectivity index (χ0v) is 18.1. The topological polar surface area (TPSA) is 63.1 Å². The molecule has 1 aromatic carbocycles. The van der Waals surface area contributed by atoms with Crippen LogP contribution in [0.3, 0.4) is 0 Å². The molecule has 0 unspecified atom stereocenters. The SMILES string of the molecule is Cc1cccc([C@@H](C)n2ccc(-c3c[nH]c4ncc(N5CCOCC5)c(F)c34)cc2=O)c1. The number of morpholine rings is 1. The van der Waals surface area contributed by atoms with Crippen LogP contribution in [0.1, 0.15) is 24.1 Å². The van der Waals surface area contributed by atoms with Crippen LogP contribution in [0.4, 0.5) is 10.1 Å². The second-order valence-electron chi connectivity index (χ2n) is 8.23. The van der Waals surface area contributed by atoms with Crippen LogP contribution in [0, 0.1) is 12.7 Å². The summed E-state index contributed by atoms with van der Waals surface area (Å²) in [6, 6.07) is 11.4. The number of aryl methyl sites for hydroxylation is 1. The Balaban J connectivity index is 1.54. The molecule has 5 rings (SSSR count). The average molecular weight is 432 g/mol. The molecular weight excluding hydrogens is 407 g/mol. The fraction of sp³-hybridized carbons (Fsp3) is 0.280. The summed E-state index contributed by atoms with van der Waals surface area (Å²) >= 11 is 0. The number of nitrogens with one attached hydrogen (secondary N) is 1. The quantitative estimate of drug-likeness (QED) is 0.523. The molecule has 0 spiro atoms. The van der Waals surface area contributed by atoms with E-state index in [1.165, 1.54) is 0 Å². The highest BCUT2D eigenvalue weighted by Gasteiger charge is 2.21. The van der Waals surface area contributed by atoms with Crippen LogP contribution in [0.5, 0.6) is 0 Å². The van der Waals surface area contributed by atoms with Gasteiger partial charge in [-0.3, -0.25) is 4.79 Å². The van der Waals surface area contributed by atoms with E-state index < -0.39 is 0 Å². The summed E-state index contributed by atoms with van der Waals surface area (Å²) in [5.41, 5.74) is 4.30. The fourth-order valence-corrected chi connectivity index (χ4v) is 4.37. The van der Waals surface area contributed by atoms with E-state index in [2.05, 4.69) is 16.0 Å². The van der Waals surface area contributed by atoms with Gasteiger partial charge in [0, 0.05) is 37.1 Å². The first-order valence-electron chi connectivity index (χ1n) is 10.8. The maximum Gasteiger partial charge on any atom is 0.251 e. The highest BCUT2D eigenvalue weighted by atomic mass is 19.1. The molecule has 0 amide bonds. The van der Waals surface area contributed by atoms with Crippen molar-refractivity contribution in [1.82, 2.24) is 14.5 Å². The van der Waals surface area contributed by atoms with Crippen molar-refractivity contribution in [2.45, 2.75) is 19.9 Å². The second kappa shape index (κ2) is 8.24. The molecule has 1 N–H and O–H groups in total. The summed E-state index contributed by atoms with van der Waals surface area (Å²) in [6.45, 7) is 6.41. The van der Waals surface area contributed by atoms with Gasteiger partial charge in [-0.1, -0.05) is 29.8 Å². The number of aromatic nitrogens is 3. The van der Waals surface area contributed by atoms with Crippen LogP contribution in [-0.4, -0.2) is 40.8 Å². The number of fused-ring (bicyclic) bond motifs is 1. The zero-order valence-electron chi connectivity index (χ0n) is 18.1. The molecule has 164 valence electrons. The lowest BCUT2D eigenvalue weighted by atomic mass is 10.0. The Bertz CT molecular complexity index is 1340. The number of hydrogen-bond acceptors (Lipinski definition) is 4. The Hall–Kier alpha value is -3.45. The van der Waals surface area contributed by atoms with Gasteiger partial charge in [0.2, 0.25) is 0 Å². The molecule has 0 saturated carbocycles. The van der Waals surface area contributed by atoms with Gasteiger partial charge in [0.25, 0.3) is 5.56 Å². The van der Waals surface area contributed by atoms with Gasteiger partial charge in [0.1, 0.15) is 5.65 Å². The Morgan fingerprint density at radius 2 is 2.00 bits per heavy atom. The molecule has 4 aromatic rings. The second-order valence-corrected chi connectivity index (χ2v) is 8.23. The molecule has 0 radical (unpaired) electrons. The summed E-state index contributed by atoms with van der Waals surface area (Å²) in [4.78, 5) is 22.4. The molecule has 1 aliphatic rings. The summed E-state index contributed by atoms with van der Waals surface area (Å²) in [5, 5.41) is 0.401. The van der Waals surface area contributed by atoms with E-state index in [9.17, 15) is 4.79 Å². The highest BCUT2D eigenvalue weighted by Crippen LogP contribution is 2.33. The van der Waals surface area contributed by atoms with Crippen molar-refractivity contribution in [3.05, 3.63) is 82.3 Å². The van der Waals surface area contributed by atoms with E-state index in [4.69, 9.17) is 4.74 Å². The number of aromatic amines is 1. The molecular formula is C25H25FN4O2. The number of pyridine rings is 2. The number of rotatable bonds is 4. The van der Waals surface area contributed by atoms with Gasteiger partial charge >= 0.3 is 0 Å². The number of benzene rings is 1. The number of anilines is 1. The normalized spacial score (nSPS) is 15.3. The van der Waals surface area contributed by atoms with Gasteiger partial charge in [-0.25, -0.2) is 9.37 Å². The van der Waals surface area contributed by atoms with E-state index in [0.717, 1.165) is 11.1 Å². The summed E-state index contributed by atoms with van der Waals surface area (Å²) in [7, 11) is 0. The third kappa shape index (κ3) is 3.58. The van der Waals surface area contributed by atoms with Crippen molar-refractivity contribution in [2.24, 2.45) is 0 Å². The molecule has 4 heterocycles. The monoisotopic (exact) mass is 432 g/mol. The minimum Gasteiger partial charge on any atom is -0.378 e. The lowest BCUT2D eigenvalue weighted by molar-refractivity contribution is 0.122. The van der Waals surface area contributed by atoms with Gasteiger partial charge < -0.3 is 19.2 Å². The first-order valence-corrected chi connectivity index (χ1v) is 10.8. The summed E-state index contributed by atoms with van der Waals surface area (Å²) in [5.74, 6) is -0.328. The molecule has 1 aliphatic heterocycles. The van der Waals surface area contributed by atoms with E-state index >= 15 is 4.39 Å². The minimum atomic E-state index is -0.328. The molecule has 32 heavy (non-hydrogen) atoms. The maximum atomic E-state index is 15.6. The van der Waals surface area contributed by atoms with Crippen molar-refractivity contribution in [2.75, 3.05) is 31.2 Å². The summed E-state index contributed by atoms with van der Waals surface area (Å²) in [6.07, 6.45) is 5.05. The molecule has 7 heteroatoms. The van der Waals surface area contributed by atoms with Crippen LogP contribution < -0.4 is 10.5 Å². The van der Waals surface area contributed by atoms with Crippen LogP contribution >= 0.6 is 0 Å². The lowest BCUT2D eigenvalue weighted by Gasteiger charge is -2.28. The highest BCUT2D eigenvalue weighted by molar-refractivity contribution is 5.95. The van der Waals surface area contributed by atoms with Gasteiger partial charge in [-0.15, -0.1) is 0 Å². The van der Waals surface area contributed by atoms with Crippen molar-refractivity contribution < 1.29 is 9.13 Å². The van der Waals surface area contributed by atoms with Crippen LogP contribution in [0.25, 0.3) is 22.2 Å². The number of ether oxygens (including phenoxy) is 1. The smallest absolute Gasteiger partial charge is 0.251 e. The first kappa shape index (κ1) is 20.5. The zero-order chi connectivity index (χ0) is 22.2. The van der Waals surface area contributed by atoms with Gasteiger partial charge in [0.05, 0.1) is 36.5 Å². The number of nitrogens with zero attached hydrogens (tertiary/aromatic N) is 3. The molecule has 1 atom stereocenters.